The highest BCUT2D eigenvalue weighted by molar-refractivity contribution is 7.11. The molecule has 1 amide bonds. The normalized spacial score (nSPS) is 23.9. The molecule has 3 N–H and O–H groups in total. The fourth-order valence-corrected chi connectivity index (χ4v) is 3.60. The third-order valence-electron chi connectivity index (χ3n) is 4.69. The predicted molar refractivity (Wildman–Crippen MR) is 104 cm³/mol. The van der Waals surface area contributed by atoms with Crippen LogP contribution in [0.15, 0.2) is 11.6 Å². The molecule has 2 heterocycles. The first-order valence-corrected chi connectivity index (χ1v) is 10.6. The third-order valence-corrected chi connectivity index (χ3v) is 5.37. The Bertz CT molecular complexity index is 494. The summed E-state index contributed by atoms with van der Waals surface area (Å²) >= 11 is 1.42. The number of hydrogen-bond donors (Lipinski definition) is 3. The Morgan fingerprint density at radius 3 is 2.54 bits per heavy atom. The standard InChI is InChI=1S/C9H16N2O2S.C6H10.C4H7NO/c1-7(2)11-5-8(12)6-13-9-10-3-4-14-9;1-2-5-4-6(5)3-1;6-4-2-1-3-5-4/h3-4,7-8,11-12H,5-6H2,1-2H3;5-6H,1-4H2;1-3H2,(H,5,6). The van der Waals surface area contributed by atoms with Gasteiger partial charge in [-0.2, -0.15) is 0 Å². The molecule has 2 saturated carbocycles. The van der Waals surface area contributed by atoms with Gasteiger partial charge < -0.3 is 20.5 Å². The van der Waals surface area contributed by atoms with Crippen molar-refractivity contribution in [3.63, 3.8) is 0 Å². The number of thiazole rings is 1. The van der Waals surface area contributed by atoms with E-state index in [1.807, 2.05) is 19.2 Å². The molecule has 2 aliphatic carbocycles. The molecule has 0 spiro atoms. The molecule has 0 bridgehead atoms. The molecule has 26 heavy (non-hydrogen) atoms. The average molecular weight is 384 g/mol. The average Bonchev–Trinajstić information content (AvgIpc) is 3.09. The summed E-state index contributed by atoms with van der Waals surface area (Å²) in [6.45, 7) is 5.79. The fourth-order valence-electron chi connectivity index (χ4n) is 3.10. The van der Waals surface area contributed by atoms with E-state index in [-0.39, 0.29) is 12.5 Å². The van der Waals surface area contributed by atoms with Gasteiger partial charge in [0.1, 0.15) is 12.7 Å². The maximum Gasteiger partial charge on any atom is 0.273 e. The van der Waals surface area contributed by atoms with E-state index in [0.717, 1.165) is 19.4 Å². The number of aliphatic hydroxyl groups excluding tert-OH is 1. The lowest BCUT2D eigenvalue weighted by Gasteiger charge is -2.13. The van der Waals surface area contributed by atoms with E-state index in [2.05, 4.69) is 15.6 Å². The zero-order chi connectivity index (χ0) is 18.8. The topological polar surface area (TPSA) is 83.5 Å². The molecular formula is C19H33N3O3S. The van der Waals surface area contributed by atoms with Gasteiger partial charge in [-0.25, -0.2) is 4.98 Å². The molecular weight excluding hydrogens is 350 g/mol. The maximum absolute atomic E-state index is 10.1. The summed E-state index contributed by atoms with van der Waals surface area (Å²) in [5.74, 6) is 2.63. The summed E-state index contributed by atoms with van der Waals surface area (Å²) in [6, 6.07) is 0.379. The minimum atomic E-state index is -0.485. The Balaban J connectivity index is 0.000000163. The van der Waals surface area contributed by atoms with Crippen molar-refractivity contribution in [3.8, 4) is 5.19 Å². The molecule has 0 radical (unpaired) electrons. The number of fused-ring (bicyclic) bond motifs is 1. The Morgan fingerprint density at radius 1 is 1.38 bits per heavy atom. The zero-order valence-electron chi connectivity index (χ0n) is 15.9. The number of hydrogen-bond acceptors (Lipinski definition) is 6. The smallest absolute Gasteiger partial charge is 0.273 e. The quantitative estimate of drug-likeness (QED) is 0.703. The van der Waals surface area contributed by atoms with Crippen molar-refractivity contribution in [3.05, 3.63) is 11.6 Å². The van der Waals surface area contributed by atoms with Crippen LogP contribution in [0, 0.1) is 11.8 Å². The molecule has 148 valence electrons. The van der Waals surface area contributed by atoms with Crippen LogP contribution in [0.1, 0.15) is 52.4 Å². The highest BCUT2D eigenvalue weighted by Gasteiger charge is 2.40. The number of nitrogens with one attached hydrogen (secondary N) is 2. The van der Waals surface area contributed by atoms with Gasteiger partial charge in [0.15, 0.2) is 0 Å². The zero-order valence-corrected chi connectivity index (χ0v) is 16.8. The number of carbonyl (C=O) groups is 1. The van der Waals surface area contributed by atoms with Crippen molar-refractivity contribution >= 4 is 17.2 Å². The maximum atomic E-state index is 10.1. The Labute approximate surface area is 160 Å². The second-order valence-electron chi connectivity index (χ2n) is 7.47. The number of rotatable bonds is 6. The lowest BCUT2D eigenvalue weighted by Crippen LogP contribution is -2.35. The molecule has 0 aromatic carbocycles. The number of carbonyl (C=O) groups excluding carboxylic acids is 1. The second-order valence-corrected chi connectivity index (χ2v) is 8.32. The fraction of sp³-hybridized carbons (Fsp3) is 0.789. The highest BCUT2D eigenvalue weighted by Crippen LogP contribution is 2.51. The van der Waals surface area contributed by atoms with Gasteiger partial charge in [-0.15, -0.1) is 0 Å². The van der Waals surface area contributed by atoms with E-state index in [1.54, 1.807) is 25.5 Å². The molecule has 1 aromatic rings. The summed E-state index contributed by atoms with van der Waals surface area (Å²) < 4.78 is 5.26. The Morgan fingerprint density at radius 2 is 2.15 bits per heavy atom. The van der Waals surface area contributed by atoms with Crippen molar-refractivity contribution in [2.24, 2.45) is 11.8 Å². The van der Waals surface area contributed by atoms with E-state index < -0.39 is 6.10 Å². The Kier molecular flexibility index (Phi) is 9.36. The molecule has 1 aromatic heterocycles. The Hall–Kier alpha value is -1.18. The van der Waals surface area contributed by atoms with Gasteiger partial charge in [-0.05, 0) is 24.7 Å². The summed E-state index contributed by atoms with van der Waals surface area (Å²) in [6.07, 6.45) is 9.20. The van der Waals surface area contributed by atoms with E-state index >= 15 is 0 Å². The molecule has 3 unspecified atom stereocenters. The first-order valence-electron chi connectivity index (χ1n) is 9.75. The van der Waals surface area contributed by atoms with Gasteiger partial charge in [-0.1, -0.05) is 44.4 Å². The first kappa shape index (κ1) is 21.1. The molecule has 3 atom stereocenters. The number of aliphatic hydroxyl groups is 1. The summed E-state index contributed by atoms with van der Waals surface area (Å²) in [4.78, 5) is 14.1. The van der Waals surface area contributed by atoms with Gasteiger partial charge in [-0.3, -0.25) is 4.79 Å². The lowest BCUT2D eigenvalue weighted by atomic mass is 10.3. The molecule has 3 aliphatic rings. The summed E-state index contributed by atoms with van der Waals surface area (Å²) in [5, 5.41) is 17.7. The molecule has 3 fully saturated rings. The van der Waals surface area contributed by atoms with Crippen molar-refractivity contribution in [2.75, 3.05) is 19.7 Å². The second kappa shape index (κ2) is 11.5. The van der Waals surface area contributed by atoms with Gasteiger partial charge in [0, 0.05) is 37.1 Å². The minimum absolute atomic E-state index is 0.204. The van der Waals surface area contributed by atoms with Crippen molar-refractivity contribution in [1.82, 2.24) is 15.6 Å². The van der Waals surface area contributed by atoms with Crippen LogP contribution in [0.25, 0.3) is 0 Å². The highest BCUT2D eigenvalue weighted by atomic mass is 32.1. The van der Waals surface area contributed by atoms with Crippen LogP contribution >= 0.6 is 11.3 Å². The van der Waals surface area contributed by atoms with Crippen molar-refractivity contribution in [1.29, 1.82) is 0 Å². The van der Waals surface area contributed by atoms with Gasteiger partial charge >= 0.3 is 0 Å². The van der Waals surface area contributed by atoms with Crippen LogP contribution in [-0.4, -0.2) is 47.8 Å². The van der Waals surface area contributed by atoms with Gasteiger partial charge in [0.2, 0.25) is 5.91 Å². The molecule has 6 nitrogen and oxygen atoms in total. The van der Waals surface area contributed by atoms with Crippen LogP contribution in [0.2, 0.25) is 0 Å². The lowest BCUT2D eigenvalue weighted by molar-refractivity contribution is -0.119. The van der Waals surface area contributed by atoms with Gasteiger partial charge in [0.05, 0.1) is 0 Å². The van der Waals surface area contributed by atoms with E-state index in [0.29, 0.717) is 17.8 Å². The van der Waals surface area contributed by atoms with Crippen LogP contribution in [0.5, 0.6) is 5.19 Å². The number of nitrogens with zero attached hydrogens (tertiary/aromatic N) is 1. The van der Waals surface area contributed by atoms with E-state index in [4.69, 9.17) is 4.74 Å². The first-order chi connectivity index (χ1) is 12.5. The van der Waals surface area contributed by atoms with Crippen LogP contribution in [-0.2, 0) is 4.79 Å². The SMILES string of the molecule is C1CC2CC2C1.CC(C)NCC(O)COc1nccs1.O=C1CCCN1. The van der Waals surface area contributed by atoms with Crippen molar-refractivity contribution in [2.45, 2.75) is 64.5 Å². The summed E-state index contributed by atoms with van der Waals surface area (Å²) in [7, 11) is 0. The van der Waals surface area contributed by atoms with Crippen LogP contribution < -0.4 is 15.4 Å². The number of ether oxygens (including phenoxy) is 1. The van der Waals surface area contributed by atoms with Gasteiger partial charge in [0.25, 0.3) is 5.19 Å². The van der Waals surface area contributed by atoms with Crippen LogP contribution in [0.4, 0.5) is 0 Å². The number of amides is 1. The third kappa shape index (κ3) is 8.96. The monoisotopic (exact) mass is 383 g/mol. The molecule has 1 aliphatic heterocycles. The molecule has 4 rings (SSSR count). The van der Waals surface area contributed by atoms with Crippen LogP contribution in [0.3, 0.4) is 0 Å². The van der Waals surface area contributed by atoms with Crippen molar-refractivity contribution < 1.29 is 14.6 Å². The number of aromatic nitrogens is 1. The molecule has 1 saturated heterocycles. The van der Waals surface area contributed by atoms with E-state index in [9.17, 15) is 9.90 Å². The summed E-state index contributed by atoms with van der Waals surface area (Å²) in [5.41, 5.74) is 0. The largest absolute Gasteiger partial charge is 0.467 e. The van der Waals surface area contributed by atoms with E-state index in [1.165, 1.54) is 29.6 Å². The molecule has 7 heteroatoms. The predicted octanol–water partition coefficient (Wildman–Crippen LogP) is 2.58. The minimum Gasteiger partial charge on any atom is -0.467 e.